The topological polar surface area (TPSA) is 47.9 Å². The van der Waals surface area contributed by atoms with Crippen LogP contribution in [0.5, 0.6) is 0 Å². The van der Waals surface area contributed by atoms with Crippen LogP contribution in [0, 0.1) is 0 Å². The van der Waals surface area contributed by atoms with Crippen molar-refractivity contribution in [3.05, 3.63) is 35.4 Å². The van der Waals surface area contributed by atoms with E-state index in [1.165, 1.54) is 11.1 Å². The number of hydrogen-bond donors (Lipinski definition) is 2. The van der Waals surface area contributed by atoms with Crippen LogP contribution in [0.3, 0.4) is 0 Å². The minimum absolute atomic E-state index is 0.0648. The molecule has 0 unspecified atom stereocenters. The van der Waals surface area contributed by atoms with Gasteiger partial charge in [0.25, 0.3) is 0 Å². The molecular weight excluding hydrogens is 150 g/mol. The maximum atomic E-state index is 9.56. The predicted octanol–water partition coefficient (Wildman–Crippen LogP) is 0.277. The third-order valence-electron chi connectivity index (χ3n) is 2.63. The fraction of sp³-hybridized carbons (Fsp3) is 0.400. The third kappa shape index (κ3) is 1.13. The molecule has 0 bridgehead atoms. The van der Waals surface area contributed by atoms with Gasteiger partial charge in [0.05, 0.1) is 0 Å². The molecular formula is C10H14NO+. The lowest BCUT2D eigenvalue weighted by atomic mass is 9.86. The number of aliphatic hydroxyl groups excluding tert-OH is 1. The van der Waals surface area contributed by atoms with Crippen molar-refractivity contribution >= 4 is 0 Å². The Morgan fingerprint density at radius 1 is 1.33 bits per heavy atom. The average molecular weight is 164 g/mol. The van der Waals surface area contributed by atoms with E-state index in [1.807, 2.05) is 12.1 Å². The van der Waals surface area contributed by atoms with Crippen LogP contribution in [0.25, 0.3) is 0 Å². The molecule has 0 aromatic heterocycles. The van der Waals surface area contributed by atoms with Crippen LogP contribution >= 0.6 is 0 Å². The molecule has 4 N–H and O–H groups in total. The summed E-state index contributed by atoms with van der Waals surface area (Å²) >= 11 is 0. The van der Waals surface area contributed by atoms with Gasteiger partial charge in [-0.05, 0) is 18.4 Å². The molecule has 1 aliphatic carbocycles. The van der Waals surface area contributed by atoms with Crippen molar-refractivity contribution in [2.75, 3.05) is 0 Å². The van der Waals surface area contributed by atoms with Crippen LogP contribution in [0.1, 0.15) is 23.6 Å². The van der Waals surface area contributed by atoms with Crippen molar-refractivity contribution in [1.29, 1.82) is 0 Å². The van der Waals surface area contributed by atoms with Crippen molar-refractivity contribution in [2.45, 2.75) is 25.0 Å². The largest absolute Gasteiger partial charge is 0.387 e. The van der Waals surface area contributed by atoms with Crippen LogP contribution in [0.4, 0.5) is 0 Å². The van der Waals surface area contributed by atoms with Crippen LogP contribution in [0.15, 0.2) is 24.3 Å². The van der Waals surface area contributed by atoms with Crippen molar-refractivity contribution in [1.82, 2.24) is 0 Å². The van der Waals surface area contributed by atoms with Gasteiger partial charge in [-0.2, -0.15) is 0 Å². The van der Waals surface area contributed by atoms with Gasteiger partial charge in [-0.15, -0.1) is 0 Å². The molecule has 12 heavy (non-hydrogen) atoms. The van der Waals surface area contributed by atoms with Gasteiger partial charge < -0.3 is 10.8 Å². The van der Waals surface area contributed by atoms with Gasteiger partial charge in [0, 0.05) is 5.56 Å². The Kier molecular flexibility index (Phi) is 1.87. The van der Waals surface area contributed by atoms with Crippen molar-refractivity contribution in [3.8, 4) is 0 Å². The SMILES string of the molecule is [NH3+][C@@H]1c2ccccc2CC[C@@H]1O. The molecule has 0 radical (unpaired) electrons. The predicted molar refractivity (Wildman–Crippen MR) is 46.4 cm³/mol. The van der Waals surface area contributed by atoms with E-state index in [2.05, 4.69) is 17.9 Å². The zero-order valence-electron chi connectivity index (χ0n) is 7.03. The van der Waals surface area contributed by atoms with Gasteiger partial charge in [0.15, 0.2) is 0 Å². The van der Waals surface area contributed by atoms with Gasteiger partial charge in [-0.1, -0.05) is 24.3 Å². The lowest BCUT2D eigenvalue weighted by Gasteiger charge is -2.24. The molecule has 0 saturated carbocycles. The van der Waals surface area contributed by atoms with Gasteiger partial charge in [0.2, 0.25) is 0 Å². The Morgan fingerprint density at radius 2 is 2.08 bits per heavy atom. The zero-order valence-corrected chi connectivity index (χ0v) is 7.03. The second-order valence-corrected chi connectivity index (χ2v) is 3.41. The summed E-state index contributed by atoms with van der Waals surface area (Å²) in [5.41, 5.74) is 6.54. The van der Waals surface area contributed by atoms with Crippen molar-refractivity contribution in [3.63, 3.8) is 0 Å². The molecule has 0 heterocycles. The molecule has 0 aliphatic heterocycles. The molecule has 2 atom stereocenters. The zero-order chi connectivity index (χ0) is 8.55. The lowest BCUT2D eigenvalue weighted by Crippen LogP contribution is -2.60. The second-order valence-electron chi connectivity index (χ2n) is 3.41. The van der Waals surface area contributed by atoms with Crippen LogP contribution < -0.4 is 5.73 Å². The highest BCUT2D eigenvalue weighted by Crippen LogP contribution is 2.26. The van der Waals surface area contributed by atoms with Gasteiger partial charge in [-0.25, -0.2) is 0 Å². The molecule has 1 aromatic carbocycles. The smallest absolute Gasteiger partial charge is 0.136 e. The fourth-order valence-electron chi connectivity index (χ4n) is 1.84. The van der Waals surface area contributed by atoms with E-state index < -0.39 is 0 Å². The first-order valence-electron chi connectivity index (χ1n) is 4.38. The summed E-state index contributed by atoms with van der Waals surface area (Å²) in [5.74, 6) is 0. The van der Waals surface area contributed by atoms with E-state index in [4.69, 9.17) is 0 Å². The number of hydrogen-bond acceptors (Lipinski definition) is 1. The standard InChI is InChI=1S/C10H13NO/c11-10-8-4-2-1-3-7(8)5-6-9(10)12/h1-4,9-10,12H,5-6,11H2/p+1/t9-,10+/m0/s1. The average Bonchev–Trinajstić information content (AvgIpc) is 2.12. The van der Waals surface area contributed by atoms with E-state index in [0.717, 1.165) is 12.8 Å². The molecule has 0 spiro atoms. The number of aliphatic hydroxyl groups is 1. The Labute approximate surface area is 72.0 Å². The molecule has 1 aliphatic rings. The fourth-order valence-corrected chi connectivity index (χ4v) is 1.84. The van der Waals surface area contributed by atoms with Gasteiger partial charge in [-0.3, -0.25) is 0 Å². The molecule has 2 heteroatoms. The Hall–Kier alpha value is -0.860. The van der Waals surface area contributed by atoms with E-state index >= 15 is 0 Å². The summed E-state index contributed by atoms with van der Waals surface area (Å²) in [5, 5.41) is 9.56. The third-order valence-corrected chi connectivity index (χ3v) is 2.63. The first-order valence-corrected chi connectivity index (χ1v) is 4.38. The molecule has 64 valence electrons. The van der Waals surface area contributed by atoms with Gasteiger partial charge in [0.1, 0.15) is 12.1 Å². The van der Waals surface area contributed by atoms with E-state index in [-0.39, 0.29) is 12.1 Å². The maximum Gasteiger partial charge on any atom is 0.136 e. The van der Waals surface area contributed by atoms with Crippen molar-refractivity contribution in [2.24, 2.45) is 0 Å². The Morgan fingerprint density at radius 3 is 2.92 bits per heavy atom. The maximum absolute atomic E-state index is 9.56. The highest BCUT2D eigenvalue weighted by molar-refractivity contribution is 5.31. The van der Waals surface area contributed by atoms with Gasteiger partial charge >= 0.3 is 0 Å². The van der Waals surface area contributed by atoms with Crippen LogP contribution in [0.2, 0.25) is 0 Å². The summed E-state index contributed by atoms with van der Waals surface area (Å²) in [4.78, 5) is 0. The molecule has 0 saturated heterocycles. The normalized spacial score (nSPS) is 28.2. The Bertz CT molecular complexity index is 285. The number of aryl methyl sites for hydroxylation is 1. The molecule has 0 amide bonds. The lowest BCUT2D eigenvalue weighted by molar-refractivity contribution is -0.446. The number of rotatable bonds is 0. The quantitative estimate of drug-likeness (QED) is 0.568. The van der Waals surface area contributed by atoms with E-state index in [1.54, 1.807) is 0 Å². The summed E-state index contributed by atoms with van der Waals surface area (Å²) < 4.78 is 0. The van der Waals surface area contributed by atoms with Crippen molar-refractivity contribution < 1.29 is 10.8 Å². The highest BCUT2D eigenvalue weighted by Gasteiger charge is 2.26. The highest BCUT2D eigenvalue weighted by atomic mass is 16.3. The number of quaternary nitrogens is 1. The van der Waals surface area contributed by atoms with Crippen LogP contribution in [-0.4, -0.2) is 11.2 Å². The molecule has 2 rings (SSSR count). The minimum Gasteiger partial charge on any atom is -0.387 e. The summed E-state index contributed by atoms with van der Waals surface area (Å²) in [6, 6.07) is 8.31. The first-order chi connectivity index (χ1) is 5.79. The monoisotopic (exact) mass is 164 g/mol. The first kappa shape index (κ1) is 7.77. The molecule has 0 fully saturated rings. The van der Waals surface area contributed by atoms with E-state index in [9.17, 15) is 5.11 Å². The summed E-state index contributed by atoms with van der Waals surface area (Å²) in [6.45, 7) is 0. The minimum atomic E-state index is -0.250. The Balaban J connectivity index is 2.42. The summed E-state index contributed by atoms with van der Waals surface area (Å²) in [6.07, 6.45) is 1.59. The molecule has 2 nitrogen and oxygen atoms in total. The second kappa shape index (κ2) is 2.88. The summed E-state index contributed by atoms with van der Waals surface area (Å²) in [7, 11) is 0. The number of fused-ring (bicyclic) bond motifs is 1. The van der Waals surface area contributed by atoms with E-state index in [0.29, 0.717) is 0 Å². The van der Waals surface area contributed by atoms with Crippen LogP contribution in [-0.2, 0) is 6.42 Å². The molecule has 1 aromatic rings. The number of benzene rings is 1.